The van der Waals surface area contributed by atoms with E-state index in [9.17, 15) is 38.4 Å². The van der Waals surface area contributed by atoms with Crippen molar-refractivity contribution in [2.45, 2.75) is 185 Å². The van der Waals surface area contributed by atoms with E-state index in [1.807, 2.05) is 205 Å². The Hall–Kier alpha value is -15.4. The fourth-order valence-electron chi connectivity index (χ4n) is 20.0. The lowest BCUT2D eigenvalue weighted by Crippen LogP contribution is -2.38. The number of rotatable bonds is 30. The number of hydrogen-bond acceptors (Lipinski definition) is 20. The summed E-state index contributed by atoms with van der Waals surface area (Å²) in [5.41, 5.74) is 12.4. The number of nitrogens with zero attached hydrogens (tertiary/aromatic N) is 21. The Kier molecular flexibility index (Phi) is 31.7. The van der Waals surface area contributed by atoms with Gasteiger partial charge in [0.25, 0.3) is 22.2 Å². The van der Waals surface area contributed by atoms with Crippen LogP contribution in [0.4, 0.5) is 46.0 Å². The Balaban J connectivity index is 0.000000133. The maximum Gasteiger partial charge on any atom is 0.332 e. The van der Waals surface area contributed by atoms with E-state index >= 15 is 0 Å². The summed E-state index contributed by atoms with van der Waals surface area (Å²) in [5.74, 6) is 3.22. The SMILES string of the molecule is CC(C)Cn1c(=O)n(C)c(=O)c2c(Nc3ccccc3)n(Cc3ccc(C4CCCN4C)cc3)nc21.CC(C)Cn1c(=O)n(C)c(=O)c2c(Nc3ccccc3)n(Cc3cccc(CN4CCCC4)c3)nc21.CCN1CCCCC1c1ccc(Cn2nc3c(c2Nc2ccccc2)c(=O)n(C)c(=O)n3CC(C)C)cc1.Cc1cn(-c2ccc(Cn3nc4c(c3Nc3ccccc3)c(=O)n(C)c(=O)n4CC(C)C)cc2)cn1. The number of imidazole rings is 1. The molecule has 146 heavy (non-hydrogen) atoms. The number of para-hydroxylation sites is 4. The van der Waals surface area contributed by atoms with Gasteiger partial charge < -0.3 is 25.8 Å². The second-order valence-electron chi connectivity index (χ2n) is 40.5. The van der Waals surface area contributed by atoms with Crippen molar-refractivity contribution in [1.82, 2.24) is 99.9 Å². The maximum absolute atomic E-state index is 13.4. The predicted molar refractivity (Wildman–Crippen MR) is 582 cm³/mol. The first-order chi connectivity index (χ1) is 70.4. The smallest absolute Gasteiger partial charge is 0.332 e. The molecule has 20 rings (SSSR count). The molecule has 12 heterocycles. The minimum atomic E-state index is -0.370. The first-order valence-corrected chi connectivity index (χ1v) is 51.0. The molecule has 17 aromatic rings. The van der Waals surface area contributed by atoms with Crippen molar-refractivity contribution in [3.63, 3.8) is 0 Å². The summed E-state index contributed by atoms with van der Waals surface area (Å²) in [6.07, 6.45) is 12.4. The van der Waals surface area contributed by atoms with Gasteiger partial charge >= 0.3 is 22.8 Å². The topological polar surface area (TPSA) is 323 Å². The van der Waals surface area contributed by atoms with Gasteiger partial charge in [-0.05, 0) is 208 Å². The van der Waals surface area contributed by atoms with Gasteiger partial charge in [-0.25, -0.2) is 42.9 Å². The van der Waals surface area contributed by atoms with E-state index in [2.05, 4.69) is 155 Å². The first-order valence-electron chi connectivity index (χ1n) is 51.0. The lowest BCUT2D eigenvalue weighted by Gasteiger charge is -2.35. The molecule has 0 radical (unpaired) electrons. The number of nitrogens with one attached hydrogen (secondary N) is 4. The number of benzene rings is 8. The molecule has 3 saturated heterocycles. The predicted octanol–water partition coefficient (Wildman–Crippen LogP) is 16.8. The number of likely N-dealkylation sites (tertiary alicyclic amines) is 3. The van der Waals surface area contributed by atoms with Crippen LogP contribution in [0.2, 0.25) is 0 Å². The molecule has 760 valence electrons. The van der Waals surface area contributed by atoms with Crippen molar-refractivity contribution in [2.24, 2.45) is 51.9 Å². The molecule has 3 fully saturated rings. The number of hydrogen-bond donors (Lipinski definition) is 4. The van der Waals surface area contributed by atoms with Gasteiger partial charge in [-0.15, -0.1) is 0 Å². The van der Waals surface area contributed by atoms with Crippen molar-refractivity contribution in [1.29, 1.82) is 0 Å². The van der Waals surface area contributed by atoms with Crippen LogP contribution in [-0.4, -0.2) is 140 Å². The van der Waals surface area contributed by atoms with Crippen molar-refractivity contribution >= 4 is 90.2 Å². The molecule has 3 aliphatic rings. The van der Waals surface area contributed by atoms with Gasteiger partial charge in [0, 0.05) is 108 Å². The second kappa shape index (κ2) is 45.3. The third kappa shape index (κ3) is 22.7. The minimum absolute atomic E-state index is 0.207. The zero-order valence-corrected chi connectivity index (χ0v) is 86.4. The standard InChI is InChI=1S/C30H38N6O2.2C28H34N6O2.C27H29N7O2/c1-5-34-18-10-9-13-25(34)23-16-14-22(15-17-23)20-36-27(31-24-11-7-6-8-12-24)26-28(32-36)35(19-21(2)3)30(38)33(4)29(26)37;1-19(2)17-33-26-24(27(35)32(4)28(33)36)25(29-22-9-6-5-7-10-22)34(30-26)18-20-12-14-21(15-13-20)23-11-8-16-31(23)3;1-20(2)17-33-26-24(27(35)31(3)28(33)36)25(29-23-12-5-4-6-13-23)34(30-26)19-22-11-9-10-21(16-22)18-32-14-7-8-15-32;1-18(2)14-33-25-23(26(35)31(4)27(33)36)24(29-21-8-6-5-7-9-21)34(30-25)16-20-10-12-22(13-11-20)32-15-19(3)28-17-32/h6-8,11-12,14-17,21,25,31H,5,9-10,13,18-20H2,1-4H3;5-7,9-10,12-15,19,23,29H,8,11,16-18H2,1-4H3;4-6,9-13,16,20,29H,7-8,14-15,17-19H2,1-3H3;5-13,15,17-18,29H,14,16H2,1-4H3. The van der Waals surface area contributed by atoms with Crippen LogP contribution in [-0.2, 0) is 87.1 Å². The fraction of sp³-hybridized carbons (Fsp3) is 0.372. The molecule has 0 spiro atoms. The van der Waals surface area contributed by atoms with Crippen molar-refractivity contribution < 1.29 is 0 Å². The van der Waals surface area contributed by atoms with Crippen LogP contribution in [0.1, 0.15) is 164 Å². The average Bonchev–Trinajstić information content (AvgIpc) is 1.59. The van der Waals surface area contributed by atoms with Crippen LogP contribution in [0.3, 0.4) is 0 Å². The second-order valence-corrected chi connectivity index (χ2v) is 40.5. The Labute approximate surface area is 847 Å². The number of piperidine rings is 1. The van der Waals surface area contributed by atoms with E-state index in [-0.39, 0.29) is 68.7 Å². The Morgan fingerprint density at radius 3 is 0.966 bits per heavy atom. The van der Waals surface area contributed by atoms with Crippen LogP contribution >= 0.6 is 0 Å². The molecule has 0 bridgehead atoms. The number of anilines is 8. The molecule has 0 amide bonds. The molecule has 3 aliphatic heterocycles. The molecule has 4 N–H and O–H groups in total. The number of fused-ring (bicyclic) bond motifs is 4. The van der Waals surface area contributed by atoms with Gasteiger partial charge in [0.2, 0.25) is 0 Å². The zero-order valence-electron chi connectivity index (χ0n) is 86.4. The molecule has 8 aromatic carbocycles. The van der Waals surface area contributed by atoms with Crippen molar-refractivity contribution in [3.05, 3.63) is 359 Å². The van der Waals surface area contributed by atoms with Crippen molar-refractivity contribution in [2.75, 3.05) is 61.0 Å². The summed E-state index contributed by atoms with van der Waals surface area (Å²) >= 11 is 0. The number of aryl methyl sites for hydroxylation is 1. The van der Waals surface area contributed by atoms with Crippen LogP contribution in [0.5, 0.6) is 0 Å². The first kappa shape index (κ1) is 102. The van der Waals surface area contributed by atoms with E-state index < -0.39 is 0 Å². The summed E-state index contributed by atoms with van der Waals surface area (Å²) in [4.78, 5) is 117. The minimum Gasteiger partial charge on any atom is -0.340 e. The van der Waals surface area contributed by atoms with E-state index in [1.54, 1.807) is 29.3 Å². The van der Waals surface area contributed by atoms with Crippen LogP contribution in [0, 0.1) is 30.6 Å². The van der Waals surface area contributed by atoms with E-state index in [4.69, 9.17) is 20.4 Å². The molecular weight excluding hydrogens is 1840 g/mol. The van der Waals surface area contributed by atoms with Gasteiger partial charge in [0.05, 0.1) is 38.2 Å². The van der Waals surface area contributed by atoms with Gasteiger partial charge in [-0.3, -0.25) is 70.4 Å². The lowest BCUT2D eigenvalue weighted by molar-refractivity contribution is 0.157. The quantitative estimate of drug-likeness (QED) is 0.0325. The lowest BCUT2D eigenvalue weighted by atomic mass is 9.94. The Bertz CT molecular complexity index is 7990. The molecule has 9 aromatic heterocycles. The van der Waals surface area contributed by atoms with Crippen LogP contribution in [0.25, 0.3) is 49.8 Å². The van der Waals surface area contributed by atoms with Gasteiger partial charge in [0.15, 0.2) is 22.6 Å². The summed E-state index contributed by atoms with van der Waals surface area (Å²) in [5, 5.41) is 34.6. The molecule has 33 nitrogen and oxygen atoms in total. The van der Waals surface area contributed by atoms with E-state index in [0.717, 1.165) is 100 Å². The van der Waals surface area contributed by atoms with Crippen molar-refractivity contribution in [3.8, 4) is 5.69 Å². The Morgan fingerprint density at radius 1 is 0.336 bits per heavy atom. The molecular formula is C113H135N25O8. The highest BCUT2D eigenvalue weighted by atomic mass is 16.2. The third-order valence-corrected chi connectivity index (χ3v) is 27.4. The monoisotopic (exact) mass is 1970 g/mol. The molecule has 2 atom stereocenters. The largest absolute Gasteiger partial charge is 0.340 e. The third-order valence-electron chi connectivity index (χ3n) is 27.4. The normalized spacial score (nSPS) is 14.6. The van der Waals surface area contributed by atoms with E-state index in [1.165, 1.54) is 104 Å². The molecule has 33 heteroatoms. The summed E-state index contributed by atoms with van der Waals surface area (Å²) < 4.78 is 20.4. The Morgan fingerprint density at radius 2 is 0.651 bits per heavy atom. The van der Waals surface area contributed by atoms with E-state index in [0.29, 0.717) is 132 Å². The number of aromatic nitrogens is 18. The zero-order chi connectivity index (χ0) is 103. The highest BCUT2D eigenvalue weighted by Crippen LogP contribution is 2.36. The molecule has 0 aliphatic carbocycles. The summed E-state index contributed by atoms with van der Waals surface area (Å²) in [6, 6.07) is 73.9. The summed E-state index contributed by atoms with van der Waals surface area (Å²) in [6.45, 7) is 30.9. The summed E-state index contributed by atoms with van der Waals surface area (Å²) in [7, 11) is 8.30. The van der Waals surface area contributed by atoms with Gasteiger partial charge in [-0.1, -0.05) is 226 Å². The highest BCUT2D eigenvalue weighted by molar-refractivity contribution is 5.92. The van der Waals surface area contributed by atoms with Gasteiger partial charge in [-0.2, -0.15) is 20.4 Å². The molecule has 0 saturated carbocycles. The molecule has 2 unspecified atom stereocenters. The van der Waals surface area contributed by atoms with Crippen LogP contribution in [0.15, 0.2) is 269 Å². The average molecular weight is 1970 g/mol. The van der Waals surface area contributed by atoms with Gasteiger partial charge in [0.1, 0.15) is 44.8 Å². The fourth-order valence-corrected chi connectivity index (χ4v) is 20.0. The van der Waals surface area contributed by atoms with Crippen LogP contribution < -0.4 is 66.3 Å². The maximum atomic E-state index is 13.4. The highest BCUT2D eigenvalue weighted by Gasteiger charge is 2.31.